The van der Waals surface area contributed by atoms with Gasteiger partial charge in [-0.15, -0.1) is 0 Å². The first kappa shape index (κ1) is 14.4. The molecule has 2 rings (SSSR count). The van der Waals surface area contributed by atoms with Crippen molar-refractivity contribution in [3.8, 4) is 0 Å². The molecule has 0 aliphatic heterocycles. The van der Waals surface area contributed by atoms with Gasteiger partial charge in [-0.1, -0.05) is 0 Å². The molecule has 9 heteroatoms. The van der Waals surface area contributed by atoms with Crippen molar-refractivity contribution in [2.24, 2.45) is 7.05 Å². The second-order valence-corrected chi connectivity index (χ2v) is 4.12. The zero-order chi connectivity index (χ0) is 15.4. The fourth-order valence-electron chi connectivity index (χ4n) is 1.68. The average Bonchev–Trinajstić information content (AvgIpc) is 2.89. The molecule has 0 aromatic carbocycles. The number of aromatic nitrogens is 3. The fraction of sp³-hybridized carbons (Fsp3) is 0.250. The first-order valence-electron chi connectivity index (χ1n) is 5.96. The molecule has 1 N–H and O–H groups in total. The van der Waals surface area contributed by atoms with Crippen molar-refractivity contribution in [3.63, 3.8) is 0 Å². The second kappa shape index (κ2) is 5.99. The first-order valence-corrected chi connectivity index (χ1v) is 5.96. The summed E-state index contributed by atoms with van der Waals surface area (Å²) in [7, 11) is 3.02. The van der Waals surface area contributed by atoms with E-state index in [2.05, 4.69) is 20.0 Å². The Bertz CT molecular complexity index is 682. The van der Waals surface area contributed by atoms with E-state index in [1.54, 1.807) is 24.0 Å². The molecule has 0 amide bonds. The molecule has 0 radical (unpaired) electrons. The third-order valence-electron chi connectivity index (χ3n) is 2.80. The SMILES string of the molecule is COC(=O)c1ccc([N+](=O)[O-])c(NCc2nccn2C)n1. The van der Waals surface area contributed by atoms with Crippen LogP contribution in [0.3, 0.4) is 0 Å². The molecule has 2 aromatic heterocycles. The number of esters is 1. The molecular weight excluding hydrogens is 278 g/mol. The molecule has 0 fully saturated rings. The van der Waals surface area contributed by atoms with Gasteiger partial charge in [-0.25, -0.2) is 14.8 Å². The van der Waals surface area contributed by atoms with Crippen molar-refractivity contribution in [3.05, 3.63) is 46.2 Å². The van der Waals surface area contributed by atoms with Crippen LogP contribution in [0.1, 0.15) is 16.3 Å². The van der Waals surface area contributed by atoms with Gasteiger partial charge < -0.3 is 14.6 Å². The first-order chi connectivity index (χ1) is 10.0. The molecule has 21 heavy (non-hydrogen) atoms. The largest absolute Gasteiger partial charge is 0.464 e. The number of carbonyl (C=O) groups is 1. The van der Waals surface area contributed by atoms with Gasteiger partial charge in [-0.2, -0.15) is 0 Å². The number of ether oxygens (including phenoxy) is 1. The molecule has 0 aliphatic rings. The van der Waals surface area contributed by atoms with E-state index in [4.69, 9.17) is 0 Å². The summed E-state index contributed by atoms with van der Waals surface area (Å²) < 4.78 is 6.31. The Balaban J connectivity index is 2.28. The summed E-state index contributed by atoms with van der Waals surface area (Å²) in [5.74, 6) is 0.00501. The minimum atomic E-state index is -0.662. The normalized spacial score (nSPS) is 10.2. The van der Waals surface area contributed by atoms with Gasteiger partial charge in [-0.3, -0.25) is 10.1 Å². The summed E-state index contributed by atoms with van der Waals surface area (Å²) in [5, 5.41) is 13.8. The number of rotatable bonds is 5. The highest BCUT2D eigenvalue weighted by Gasteiger charge is 2.19. The van der Waals surface area contributed by atoms with Crippen LogP contribution in [-0.4, -0.2) is 32.5 Å². The molecule has 0 saturated heterocycles. The zero-order valence-electron chi connectivity index (χ0n) is 11.4. The minimum absolute atomic E-state index is 0.00843. The van der Waals surface area contributed by atoms with Crippen molar-refractivity contribution in [1.82, 2.24) is 14.5 Å². The van der Waals surface area contributed by atoms with Crippen LogP contribution in [-0.2, 0) is 18.3 Å². The molecule has 0 bridgehead atoms. The number of nitrogens with one attached hydrogen (secondary N) is 1. The number of methoxy groups -OCH3 is 1. The van der Waals surface area contributed by atoms with Gasteiger partial charge in [0.15, 0.2) is 5.69 Å². The average molecular weight is 291 g/mol. The highest BCUT2D eigenvalue weighted by molar-refractivity contribution is 5.88. The number of nitrogens with zero attached hydrogens (tertiary/aromatic N) is 4. The Hall–Kier alpha value is -2.97. The summed E-state index contributed by atoms with van der Waals surface area (Å²) in [6, 6.07) is 2.45. The lowest BCUT2D eigenvalue weighted by Gasteiger charge is -2.07. The number of anilines is 1. The van der Waals surface area contributed by atoms with Gasteiger partial charge in [0.2, 0.25) is 5.82 Å². The van der Waals surface area contributed by atoms with Crippen LogP contribution in [0.4, 0.5) is 11.5 Å². The molecule has 0 atom stereocenters. The van der Waals surface area contributed by atoms with E-state index in [0.717, 1.165) is 0 Å². The van der Waals surface area contributed by atoms with Crippen LogP contribution in [0.2, 0.25) is 0 Å². The molecule has 0 saturated carbocycles. The lowest BCUT2D eigenvalue weighted by atomic mass is 10.3. The van der Waals surface area contributed by atoms with Crippen molar-refractivity contribution in [2.45, 2.75) is 6.54 Å². The van der Waals surface area contributed by atoms with Crippen LogP contribution in [0.25, 0.3) is 0 Å². The van der Waals surface area contributed by atoms with E-state index in [-0.39, 0.29) is 23.7 Å². The topological polar surface area (TPSA) is 112 Å². The van der Waals surface area contributed by atoms with Crippen LogP contribution < -0.4 is 5.32 Å². The molecule has 110 valence electrons. The maximum atomic E-state index is 11.4. The summed E-state index contributed by atoms with van der Waals surface area (Å²) in [6.45, 7) is 0.238. The third-order valence-corrected chi connectivity index (χ3v) is 2.80. The van der Waals surface area contributed by atoms with E-state index >= 15 is 0 Å². The number of carbonyl (C=O) groups excluding carboxylic acids is 1. The van der Waals surface area contributed by atoms with E-state index < -0.39 is 10.9 Å². The van der Waals surface area contributed by atoms with Gasteiger partial charge >= 0.3 is 11.7 Å². The number of hydrogen-bond donors (Lipinski definition) is 1. The standard InChI is InChI=1S/C12H13N5O4/c1-16-6-5-13-10(16)7-14-11-9(17(19)20)4-3-8(15-11)12(18)21-2/h3-6H,7H2,1-2H3,(H,14,15). The Kier molecular flexibility index (Phi) is 4.12. The van der Waals surface area contributed by atoms with E-state index in [0.29, 0.717) is 5.82 Å². The van der Waals surface area contributed by atoms with Crippen LogP contribution >= 0.6 is 0 Å². The summed E-state index contributed by atoms with van der Waals surface area (Å²) in [4.78, 5) is 29.9. The number of imidazole rings is 1. The predicted octanol–water partition coefficient (Wildman–Crippen LogP) is 1.12. The van der Waals surface area contributed by atoms with Crippen LogP contribution in [0.5, 0.6) is 0 Å². The third kappa shape index (κ3) is 3.14. The number of aryl methyl sites for hydroxylation is 1. The van der Waals surface area contributed by atoms with Crippen molar-refractivity contribution in [1.29, 1.82) is 0 Å². The van der Waals surface area contributed by atoms with Crippen LogP contribution in [0.15, 0.2) is 24.5 Å². The van der Waals surface area contributed by atoms with Crippen LogP contribution in [0, 0.1) is 10.1 Å². The van der Waals surface area contributed by atoms with Gasteiger partial charge in [0.1, 0.15) is 5.82 Å². The highest BCUT2D eigenvalue weighted by atomic mass is 16.6. The summed E-state index contributed by atoms with van der Waals surface area (Å²) in [6.07, 6.45) is 3.37. The number of pyridine rings is 1. The van der Waals surface area contributed by atoms with Gasteiger partial charge in [0.25, 0.3) is 0 Å². The molecule has 9 nitrogen and oxygen atoms in total. The molecular formula is C12H13N5O4. The summed E-state index contributed by atoms with van der Waals surface area (Å²) in [5.41, 5.74) is -0.234. The maximum absolute atomic E-state index is 11.4. The minimum Gasteiger partial charge on any atom is -0.464 e. The smallest absolute Gasteiger partial charge is 0.356 e. The Morgan fingerprint density at radius 1 is 1.52 bits per heavy atom. The Labute approximate surface area is 119 Å². The van der Waals surface area contributed by atoms with E-state index in [1.807, 2.05) is 0 Å². The zero-order valence-corrected chi connectivity index (χ0v) is 11.4. The Morgan fingerprint density at radius 2 is 2.29 bits per heavy atom. The number of hydrogen-bond acceptors (Lipinski definition) is 7. The summed E-state index contributed by atoms with van der Waals surface area (Å²) >= 11 is 0. The van der Waals surface area contributed by atoms with Crippen molar-refractivity contribution >= 4 is 17.5 Å². The molecule has 0 spiro atoms. The van der Waals surface area contributed by atoms with Crippen molar-refractivity contribution in [2.75, 3.05) is 12.4 Å². The molecule has 0 aliphatic carbocycles. The monoisotopic (exact) mass is 291 g/mol. The van der Waals surface area contributed by atoms with E-state index in [9.17, 15) is 14.9 Å². The Morgan fingerprint density at radius 3 is 2.86 bits per heavy atom. The lowest BCUT2D eigenvalue weighted by molar-refractivity contribution is -0.384. The maximum Gasteiger partial charge on any atom is 0.356 e. The van der Waals surface area contributed by atoms with Gasteiger partial charge in [-0.05, 0) is 6.07 Å². The lowest BCUT2D eigenvalue weighted by Crippen LogP contribution is -2.11. The quantitative estimate of drug-likeness (QED) is 0.499. The second-order valence-electron chi connectivity index (χ2n) is 4.12. The van der Waals surface area contributed by atoms with Gasteiger partial charge in [0.05, 0.1) is 18.6 Å². The fourth-order valence-corrected chi connectivity index (χ4v) is 1.68. The van der Waals surface area contributed by atoms with E-state index in [1.165, 1.54) is 19.2 Å². The van der Waals surface area contributed by atoms with Crippen molar-refractivity contribution < 1.29 is 14.5 Å². The highest BCUT2D eigenvalue weighted by Crippen LogP contribution is 2.22. The molecule has 0 unspecified atom stereocenters. The predicted molar refractivity (Wildman–Crippen MR) is 72.8 cm³/mol. The molecule has 2 heterocycles. The van der Waals surface area contributed by atoms with Gasteiger partial charge in [0, 0.05) is 25.5 Å². The number of nitro groups is 1. The molecule has 2 aromatic rings.